The normalized spacial score (nSPS) is 14.8. The molecule has 0 fully saturated rings. The maximum absolute atomic E-state index is 6.58. The Morgan fingerprint density at radius 3 is 2.00 bits per heavy atom. The molecule has 0 saturated carbocycles. The molecule has 162 valence electrons. The van der Waals surface area contributed by atoms with Gasteiger partial charge in [-0.1, -0.05) is 66.7 Å². The molecule has 4 aromatic carbocycles. The zero-order valence-corrected chi connectivity index (χ0v) is 19.4. The summed E-state index contributed by atoms with van der Waals surface area (Å²) in [5, 5.41) is 3.63. The zero-order valence-electron chi connectivity index (χ0n) is 18.5. The lowest BCUT2D eigenvalue weighted by Crippen LogP contribution is -2.32. The Kier molecular flexibility index (Phi) is 4.33. The van der Waals surface area contributed by atoms with Crippen LogP contribution in [-0.2, 0) is 0 Å². The fourth-order valence-electron chi connectivity index (χ4n) is 4.76. The van der Waals surface area contributed by atoms with Gasteiger partial charge in [-0.2, -0.15) is 0 Å². The van der Waals surface area contributed by atoms with Gasteiger partial charge in [0.15, 0.2) is 0 Å². The Hall–Kier alpha value is -3.94. The third kappa shape index (κ3) is 2.98. The first-order valence-corrected chi connectivity index (χ1v) is 12.7. The fraction of sp³-hybridized carbons (Fsp3) is 0.0333. The number of hydrogen-bond donors (Lipinski definition) is 0. The minimum Gasteiger partial charge on any atom is -0.456 e. The molecule has 2 aliphatic heterocycles. The second-order valence-electron chi connectivity index (χ2n) is 8.51. The number of pyridine rings is 1. The van der Waals surface area contributed by atoms with E-state index in [-0.39, 0.29) is 0 Å². The molecule has 0 aliphatic carbocycles. The van der Waals surface area contributed by atoms with Gasteiger partial charge in [0.2, 0.25) is 0 Å². The summed E-state index contributed by atoms with van der Waals surface area (Å²) in [7, 11) is -0.764. The standard InChI is InChI=1S/C30H20NO2P/c1-19-7-6-8-23(31-19)21-15-13-20(14-16-21)22-17-18-26-30-29(22)33-25-10-3-5-12-28(25)34(30)27-11-4-2-9-24(27)32-26/h2-18H,1H3. The van der Waals surface area contributed by atoms with Crippen LogP contribution in [-0.4, -0.2) is 4.98 Å². The molecule has 1 aromatic heterocycles. The highest BCUT2D eigenvalue weighted by molar-refractivity contribution is 7.80. The maximum Gasteiger partial charge on any atom is 0.147 e. The van der Waals surface area contributed by atoms with E-state index in [9.17, 15) is 0 Å². The Bertz CT molecular complexity index is 1560. The Balaban J connectivity index is 1.39. The van der Waals surface area contributed by atoms with Crippen LogP contribution in [0.1, 0.15) is 5.69 Å². The summed E-state index contributed by atoms with van der Waals surface area (Å²) >= 11 is 0. The third-order valence-electron chi connectivity index (χ3n) is 6.34. The minimum atomic E-state index is -0.764. The van der Waals surface area contributed by atoms with E-state index in [4.69, 9.17) is 9.47 Å². The van der Waals surface area contributed by atoms with E-state index in [1.807, 2.05) is 37.3 Å². The van der Waals surface area contributed by atoms with E-state index in [0.717, 1.165) is 56.4 Å². The van der Waals surface area contributed by atoms with Crippen molar-refractivity contribution in [2.45, 2.75) is 6.92 Å². The average Bonchev–Trinajstić information content (AvgIpc) is 2.89. The maximum atomic E-state index is 6.58. The molecule has 2 aliphatic rings. The molecule has 4 heteroatoms. The number of aryl methyl sites for hydroxylation is 1. The Labute approximate surface area is 199 Å². The first-order chi connectivity index (χ1) is 16.8. The zero-order chi connectivity index (χ0) is 22.6. The summed E-state index contributed by atoms with van der Waals surface area (Å²) in [4.78, 5) is 4.66. The van der Waals surface area contributed by atoms with Crippen molar-refractivity contribution < 1.29 is 9.47 Å². The molecular formula is C30H20NO2P. The highest BCUT2D eigenvalue weighted by Crippen LogP contribution is 2.54. The summed E-state index contributed by atoms with van der Waals surface area (Å²) in [5.41, 5.74) is 5.29. The molecule has 0 saturated heterocycles. The van der Waals surface area contributed by atoms with Gasteiger partial charge < -0.3 is 9.47 Å². The highest BCUT2D eigenvalue weighted by atomic mass is 31.1. The molecule has 3 nitrogen and oxygen atoms in total. The lowest BCUT2D eigenvalue weighted by atomic mass is 10.0. The number of hydrogen-bond acceptors (Lipinski definition) is 3. The summed E-state index contributed by atoms with van der Waals surface area (Å²) < 4.78 is 12.9. The van der Waals surface area contributed by atoms with Crippen LogP contribution in [0.5, 0.6) is 23.0 Å². The second kappa shape index (κ2) is 7.55. The predicted octanol–water partition coefficient (Wildman–Crippen LogP) is 6.69. The fourth-order valence-corrected chi connectivity index (χ4v) is 7.36. The Morgan fingerprint density at radius 2 is 1.26 bits per heavy atom. The molecule has 0 N–H and O–H groups in total. The summed E-state index contributed by atoms with van der Waals surface area (Å²) in [5.74, 6) is 3.65. The van der Waals surface area contributed by atoms with Crippen LogP contribution < -0.4 is 25.4 Å². The van der Waals surface area contributed by atoms with E-state index in [1.54, 1.807) is 0 Å². The molecule has 7 rings (SSSR count). The van der Waals surface area contributed by atoms with Gasteiger partial charge in [-0.15, -0.1) is 0 Å². The highest BCUT2D eigenvalue weighted by Gasteiger charge is 2.37. The topological polar surface area (TPSA) is 31.4 Å². The van der Waals surface area contributed by atoms with Crippen LogP contribution in [0, 0.1) is 6.92 Å². The monoisotopic (exact) mass is 457 g/mol. The molecule has 0 amide bonds. The van der Waals surface area contributed by atoms with E-state index in [0.29, 0.717) is 0 Å². The number of fused-ring (bicyclic) bond motifs is 4. The largest absolute Gasteiger partial charge is 0.456 e. The molecule has 1 unspecified atom stereocenters. The van der Waals surface area contributed by atoms with Gasteiger partial charge in [0.1, 0.15) is 23.0 Å². The molecule has 0 bridgehead atoms. The predicted molar refractivity (Wildman–Crippen MR) is 139 cm³/mol. The van der Waals surface area contributed by atoms with Crippen molar-refractivity contribution in [3.8, 4) is 45.4 Å². The minimum absolute atomic E-state index is 0.764. The quantitative estimate of drug-likeness (QED) is 0.271. The summed E-state index contributed by atoms with van der Waals surface area (Å²) in [6, 6.07) is 35.7. The van der Waals surface area contributed by atoms with Crippen LogP contribution >= 0.6 is 7.92 Å². The van der Waals surface area contributed by atoms with Crippen molar-refractivity contribution in [2.24, 2.45) is 0 Å². The number of nitrogens with zero attached hydrogens (tertiary/aromatic N) is 1. The lowest BCUT2D eigenvalue weighted by molar-refractivity contribution is 0.467. The SMILES string of the molecule is Cc1cccc(-c2ccc(-c3ccc4c5c3Oc3ccccc3P5c3ccccc3O4)cc2)n1. The van der Waals surface area contributed by atoms with Crippen molar-refractivity contribution >= 4 is 23.8 Å². The van der Waals surface area contributed by atoms with E-state index < -0.39 is 7.92 Å². The first kappa shape index (κ1) is 19.5. The summed E-state index contributed by atoms with van der Waals surface area (Å²) in [6.07, 6.45) is 0. The number of benzene rings is 4. The summed E-state index contributed by atoms with van der Waals surface area (Å²) in [6.45, 7) is 2.02. The molecule has 34 heavy (non-hydrogen) atoms. The van der Waals surface area contributed by atoms with Crippen molar-refractivity contribution in [1.29, 1.82) is 0 Å². The Morgan fingerprint density at radius 1 is 0.588 bits per heavy atom. The number of para-hydroxylation sites is 2. The van der Waals surface area contributed by atoms with E-state index >= 15 is 0 Å². The van der Waals surface area contributed by atoms with Gasteiger partial charge in [-0.05, 0) is 48.9 Å². The van der Waals surface area contributed by atoms with Crippen LogP contribution in [0.25, 0.3) is 22.4 Å². The number of rotatable bonds is 2. The average molecular weight is 457 g/mol. The van der Waals surface area contributed by atoms with Crippen LogP contribution in [0.4, 0.5) is 0 Å². The molecular weight excluding hydrogens is 437 g/mol. The van der Waals surface area contributed by atoms with E-state index in [1.165, 1.54) is 10.6 Å². The molecule has 1 atom stereocenters. The smallest absolute Gasteiger partial charge is 0.147 e. The van der Waals surface area contributed by atoms with Gasteiger partial charge in [0.25, 0.3) is 0 Å². The van der Waals surface area contributed by atoms with Crippen LogP contribution in [0.15, 0.2) is 103 Å². The molecule has 5 aromatic rings. The van der Waals surface area contributed by atoms with Crippen molar-refractivity contribution in [3.63, 3.8) is 0 Å². The van der Waals surface area contributed by atoms with Gasteiger partial charge in [-0.3, -0.25) is 4.98 Å². The molecule has 3 heterocycles. The van der Waals surface area contributed by atoms with Gasteiger partial charge in [-0.25, -0.2) is 0 Å². The van der Waals surface area contributed by atoms with Crippen molar-refractivity contribution in [2.75, 3.05) is 0 Å². The number of ether oxygens (including phenoxy) is 2. The van der Waals surface area contributed by atoms with Crippen molar-refractivity contribution in [1.82, 2.24) is 4.98 Å². The van der Waals surface area contributed by atoms with Gasteiger partial charge >= 0.3 is 0 Å². The number of aromatic nitrogens is 1. The van der Waals surface area contributed by atoms with Crippen LogP contribution in [0.2, 0.25) is 0 Å². The third-order valence-corrected chi connectivity index (χ3v) is 8.92. The second-order valence-corrected chi connectivity index (χ2v) is 10.6. The van der Waals surface area contributed by atoms with E-state index in [2.05, 4.69) is 77.8 Å². The van der Waals surface area contributed by atoms with Crippen LogP contribution in [0.3, 0.4) is 0 Å². The van der Waals surface area contributed by atoms with Gasteiger partial charge in [0, 0.05) is 35.4 Å². The first-order valence-electron chi connectivity index (χ1n) is 11.3. The molecule has 0 radical (unpaired) electrons. The lowest BCUT2D eigenvalue weighted by Gasteiger charge is -2.35. The van der Waals surface area contributed by atoms with Crippen molar-refractivity contribution in [3.05, 3.63) is 109 Å². The van der Waals surface area contributed by atoms with Gasteiger partial charge in [0.05, 0.1) is 11.0 Å². The molecule has 0 spiro atoms.